The van der Waals surface area contributed by atoms with Gasteiger partial charge < -0.3 is 0 Å². The Morgan fingerprint density at radius 2 is 1.45 bits per heavy atom. The molecule has 0 spiro atoms. The van der Waals surface area contributed by atoms with Crippen molar-refractivity contribution in [3.63, 3.8) is 0 Å². The fraction of sp³-hybridized carbons (Fsp3) is 1.00. The minimum atomic E-state index is -4.54. The van der Waals surface area contributed by atoms with Gasteiger partial charge in [0.05, 0.1) is 6.42 Å². The van der Waals surface area contributed by atoms with Crippen LogP contribution >= 0.6 is 0 Å². The molecule has 0 amide bonds. The zero-order chi connectivity index (χ0) is 8.86. The zero-order valence-corrected chi connectivity index (χ0v) is 5.13. The van der Waals surface area contributed by atoms with Gasteiger partial charge in [-0.1, -0.05) is 0 Å². The summed E-state index contributed by atoms with van der Waals surface area (Å²) in [6, 6.07) is 0. The molecular weight excluding hydrogens is 174 g/mol. The monoisotopic (exact) mass is 178 g/mol. The fourth-order valence-corrected chi connectivity index (χ4v) is 0.919. The Balaban J connectivity index is 2.89. The van der Waals surface area contributed by atoms with E-state index in [1.165, 1.54) is 0 Å². The van der Waals surface area contributed by atoms with Crippen molar-refractivity contribution < 1.29 is 26.3 Å². The first-order valence-corrected chi connectivity index (χ1v) is 2.82. The summed E-state index contributed by atoms with van der Waals surface area (Å²) >= 11 is 0. The molecule has 0 aromatic carbocycles. The predicted molar refractivity (Wildman–Crippen MR) is 24.3 cm³/mol. The first-order valence-electron chi connectivity index (χ1n) is 2.82. The van der Waals surface area contributed by atoms with Gasteiger partial charge in [-0.25, -0.2) is 17.6 Å². The van der Waals surface area contributed by atoms with Crippen molar-refractivity contribution in [1.82, 2.24) is 0 Å². The molecule has 1 rings (SSSR count). The van der Waals surface area contributed by atoms with E-state index in [0.717, 1.165) is 0 Å². The second kappa shape index (κ2) is 2.04. The van der Waals surface area contributed by atoms with Crippen LogP contribution in [0.5, 0.6) is 0 Å². The number of alkyl halides is 6. The van der Waals surface area contributed by atoms with Crippen LogP contribution in [0.25, 0.3) is 0 Å². The van der Waals surface area contributed by atoms with E-state index in [4.69, 9.17) is 0 Å². The molecule has 0 radical (unpaired) electrons. The molecule has 11 heavy (non-hydrogen) atoms. The lowest BCUT2D eigenvalue weighted by Gasteiger charge is -2.15. The first-order chi connectivity index (χ1) is 4.78. The van der Waals surface area contributed by atoms with Crippen molar-refractivity contribution in [2.24, 2.45) is 0 Å². The molecule has 0 saturated heterocycles. The van der Waals surface area contributed by atoms with Crippen LogP contribution in [-0.4, -0.2) is 24.2 Å². The lowest BCUT2D eigenvalue weighted by molar-refractivity contribution is -0.141. The van der Waals surface area contributed by atoms with Gasteiger partial charge in [0.1, 0.15) is 0 Å². The molecule has 6 heteroatoms. The van der Waals surface area contributed by atoms with Crippen molar-refractivity contribution in [1.29, 1.82) is 0 Å². The van der Waals surface area contributed by atoms with Gasteiger partial charge in [-0.3, -0.25) is 0 Å². The van der Waals surface area contributed by atoms with Gasteiger partial charge in [-0.05, 0) is 0 Å². The van der Waals surface area contributed by atoms with E-state index in [0.29, 0.717) is 0 Å². The van der Waals surface area contributed by atoms with E-state index in [1.807, 2.05) is 0 Å². The standard InChI is InChI=1S/C5H4F6/c6-2-1-4(8,9)3(7)5(2,10)11/h2-3H,1H2. The maximum atomic E-state index is 12.0. The van der Waals surface area contributed by atoms with E-state index in [2.05, 4.69) is 0 Å². The minimum Gasteiger partial charge on any atom is -0.240 e. The first kappa shape index (κ1) is 8.67. The second-order valence-corrected chi connectivity index (χ2v) is 2.47. The highest BCUT2D eigenvalue weighted by atomic mass is 19.3. The van der Waals surface area contributed by atoms with Crippen LogP contribution in [0.1, 0.15) is 6.42 Å². The maximum absolute atomic E-state index is 12.0. The second-order valence-electron chi connectivity index (χ2n) is 2.47. The van der Waals surface area contributed by atoms with E-state index in [1.54, 1.807) is 0 Å². The minimum absolute atomic E-state index is 1.73. The third-order valence-corrected chi connectivity index (χ3v) is 1.58. The van der Waals surface area contributed by atoms with E-state index >= 15 is 0 Å². The third-order valence-electron chi connectivity index (χ3n) is 1.58. The summed E-state index contributed by atoms with van der Waals surface area (Å²) in [4.78, 5) is 0. The molecule has 0 bridgehead atoms. The molecular formula is C5H4F6. The van der Waals surface area contributed by atoms with Gasteiger partial charge in [-0.2, -0.15) is 8.78 Å². The van der Waals surface area contributed by atoms with Crippen molar-refractivity contribution in [3.05, 3.63) is 0 Å². The number of hydrogen-bond donors (Lipinski definition) is 0. The van der Waals surface area contributed by atoms with Crippen LogP contribution in [0.2, 0.25) is 0 Å². The van der Waals surface area contributed by atoms with Gasteiger partial charge in [0.25, 0.3) is 5.92 Å². The maximum Gasteiger partial charge on any atom is 0.315 e. The highest BCUT2D eigenvalue weighted by Gasteiger charge is 2.68. The lowest BCUT2D eigenvalue weighted by Crippen LogP contribution is -2.37. The summed E-state index contributed by atoms with van der Waals surface area (Å²) in [5, 5.41) is 0. The molecule has 0 aromatic heterocycles. The SMILES string of the molecule is FC1CC(F)(F)C(F)C1(F)F. The van der Waals surface area contributed by atoms with Crippen molar-refractivity contribution in [2.45, 2.75) is 30.6 Å². The summed E-state index contributed by atoms with van der Waals surface area (Å²) in [5.41, 5.74) is 0. The molecule has 1 fully saturated rings. The Labute approximate surface area is 58.2 Å². The molecule has 1 aliphatic rings. The molecule has 1 aliphatic carbocycles. The van der Waals surface area contributed by atoms with Gasteiger partial charge in [0.15, 0.2) is 6.17 Å². The molecule has 0 aromatic rings. The van der Waals surface area contributed by atoms with E-state index in [-0.39, 0.29) is 0 Å². The Morgan fingerprint density at radius 3 is 1.55 bits per heavy atom. The Hall–Kier alpha value is -0.420. The lowest BCUT2D eigenvalue weighted by atomic mass is 10.2. The number of halogens is 6. The third kappa shape index (κ3) is 1.08. The Kier molecular flexibility index (Phi) is 1.61. The fourth-order valence-electron chi connectivity index (χ4n) is 0.919. The smallest absolute Gasteiger partial charge is 0.240 e. The quantitative estimate of drug-likeness (QED) is 0.499. The van der Waals surface area contributed by atoms with Gasteiger partial charge in [-0.15, -0.1) is 0 Å². The molecule has 0 heterocycles. The highest BCUT2D eigenvalue weighted by Crippen LogP contribution is 2.48. The number of hydrogen-bond acceptors (Lipinski definition) is 0. The van der Waals surface area contributed by atoms with E-state index in [9.17, 15) is 26.3 Å². The molecule has 1 saturated carbocycles. The normalized spacial score (nSPS) is 40.9. The Morgan fingerprint density at radius 1 is 1.00 bits per heavy atom. The largest absolute Gasteiger partial charge is 0.315 e. The van der Waals surface area contributed by atoms with Crippen LogP contribution in [-0.2, 0) is 0 Å². The Bertz CT molecular complexity index is 164. The number of rotatable bonds is 0. The van der Waals surface area contributed by atoms with Crippen molar-refractivity contribution >= 4 is 0 Å². The van der Waals surface area contributed by atoms with Crippen LogP contribution < -0.4 is 0 Å². The van der Waals surface area contributed by atoms with Crippen LogP contribution in [0, 0.1) is 0 Å². The average molecular weight is 178 g/mol. The van der Waals surface area contributed by atoms with Crippen LogP contribution in [0.15, 0.2) is 0 Å². The zero-order valence-electron chi connectivity index (χ0n) is 5.13. The summed E-state index contributed by atoms with van der Waals surface area (Å²) in [7, 11) is 0. The van der Waals surface area contributed by atoms with Gasteiger partial charge in [0.2, 0.25) is 6.17 Å². The summed E-state index contributed by atoms with van der Waals surface area (Å²) in [6.07, 6.45) is -8.50. The average Bonchev–Trinajstić information content (AvgIpc) is 1.94. The molecule has 0 N–H and O–H groups in total. The molecule has 66 valence electrons. The molecule has 0 aliphatic heterocycles. The van der Waals surface area contributed by atoms with Crippen LogP contribution in [0.3, 0.4) is 0 Å². The summed E-state index contributed by atoms with van der Waals surface area (Å²) in [6.45, 7) is 0. The topological polar surface area (TPSA) is 0 Å². The van der Waals surface area contributed by atoms with Crippen molar-refractivity contribution in [3.8, 4) is 0 Å². The van der Waals surface area contributed by atoms with Gasteiger partial charge in [0, 0.05) is 0 Å². The molecule has 2 atom stereocenters. The van der Waals surface area contributed by atoms with Crippen molar-refractivity contribution in [2.75, 3.05) is 0 Å². The summed E-state index contributed by atoms with van der Waals surface area (Å²) in [5.74, 6) is -8.77. The highest BCUT2D eigenvalue weighted by molar-refractivity contribution is 5.03. The van der Waals surface area contributed by atoms with Gasteiger partial charge >= 0.3 is 5.92 Å². The molecule has 2 unspecified atom stereocenters. The molecule has 0 nitrogen and oxygen atoms in total. The summed E-state index contributed by atoms with van der Waals surface area (Å²) < 4.78 is 71.9. The predicted octanol–water partition coefficient (Wildman–Crippen LogP) is 2.34. The van der Waals surface area contributed by atoms with Crippen LogP contribution in [0.4, 0.5) is 26.3 Å². The van der Waals surface area contributed by atoms with E-state index < -0.39 is 30.6 Å².